The number of nitrogens with zero attached hydrogens (tertiary/aromatic N) is 2. The third-order valence-electron chi connectivity index (χ3n) is 1.95. The van der Waals surface area contributed by atoms with Gasteiger partial charge in [-0.2, -0.15) is 5.10 Å². The molecule has 0 amide bonds. The van der Waals surface area contributed by atoms with Crippen LogP contribution in [0.5, 0.6) is 0 Å². The van der Waals surface area contributed by atoms with Crippen molar-refractivity contribution < 1.29 is 12.6 Å². The third kappa shape index (κ3) is 3.79. The summed E-state index contributed by atoms with van der Waals surface area (Å²) in [5.41, 5.74) is 5.49. The van der Waals surface area contributed by atoms with Crippen molar-refractivity contribution in [1.82, 2.24) is 14.5 Å². The number of nitrogens with one attached hydrogen (secondary N) is 1. The maximum atomic E-state index is 11.9. The summed E-state index contributed by atoms with van der Waals surface area (Å²) in [6.45, 7) is 1.64. The highest BCUT2D eigenvalue weighted by atomic mass is 32.2. The van der Waals surface area contributed by atoms with Crippen molar-refractivity contribution in [3.05, 3.63) is 6.20 Å². The minimum Gasteiger partial charge on any atom is -0.381 e. The second kappa shape index (κ2) is 5.15. The normalized spacial score (nSPS) is 15.7. The molecule has 0 aliphatic carbocycles. The van der Waals surface area contributed by atoms with E-state index in [1.54, 1.807) is 14.0 Å². The second-order valence-electron chi connectivity index (χ2n) is 3.81. The highest BCUT2D eigenvalue weighted by molar-refractivity contribution is 7.89. The van der Waals surface area contributed by atoms with Crippen LogP contribution < -0.4 is 10.5 Å². The van der Waals surface area contributed by atoms with Crippen molar-refractivity contribution in [2.24, 2.45) is 7.05 Å². The summed E-state index contributed by atoms with van der Waals surface area (Å²) < 4.78 is 38.5. The van der Waals surface area contributed by atoms with Gasteiger partial charge in [-0.25, -0.2) is 13.1 Å². The summed E-state index contributed by atoms with van der Waals surface area (Å²) in [6, 6.07) is -0.426. The molecule has 2 atom stereocenters. The molecule has 0 spiro atoms. The van der Waals surface area contributed by atoms with E-state index in [1.807, 2.05) is 0 Å². The molecule has 0 saturated carbocycles. The summed E-state index contributed by atoms with van der Waals surface area (Å²) in [5, 5.41) is 3.76. The Bertz CT molecular complexity index is 523. The highest BCUT2D eigenvalue weighted by Gasteiger charge is 2.22. The van der Waals surface area contributed by atoms with Gasteiger partial charge in [0, 0.05) is 42.1 Å². The van der Waals surface area contributed by atoms with E-state index in [-0.39, 0.29) is 16.5 Å². The van der Waals surface area contributed by atoms with Gasteiger partial charge in [-0.1, -0.05) is 0 Å². The van der Waals surface area contributed by atoms with E-state index in [2.05, 4.69) is 9.82 Å². The number of aromatic nitrogens is 2. The molecule has 1 heterocycles. The lowest BCUT2D eigenvalue weighted by Gasteiger charge is -2.11. The van der Waals surface area contributed by atoms with Gasteiger partial charge in [0.2, 0.25) is 10.0 Å². The summed E-state index contributed by atoms with van der Waals surface area (Å²) >= 11 is 0. The molecule has 3 N–H and O–H groups in total. The number of anilines is 1. The molecule has 0 aliphatic rings. The average molecular weight is 280 g/mol. The molecule has 0 aromatic carbocycles. The van der Waals surface area contributed by atoms with Gasteiger partial charge in [0.05, 0.1) is 0 Å². The number of nitrogens with two attached hydrogens (primary N) is 1. The van der Waals surface area contributed by atoms with E-state index < -0.39 is 26.9 Å². The van der Waals surface area contributed by atoms with Gasteiger partial charge in [-0.3, -0.25) is 8.89 Å². The Morgan fingerprint density at radius 1 is 1.65 bits per heavy atom. The van der Waals surface area contributed by atoms with E-state index in [9.17, 15) is 12.6 Å². The lowest BCUT2D eigenvalue weighted by molar-refractivity contribution is 0.570. The van der Waals surface area contributed by atoms with E-state index in [0.29, 0.717) is 0 Å². The van der Waals surface area contributed by atoms with Gasteiger partial charge < -0.3 is 5.73 Å². The maximum Gasteiger partial charge on any atom is 0.246 e. The van der Waals surface area contributed by atoms with Crippen LogP contribution in [0.15, 0.2) is 11.1 Å². The fourth-order valence-corrected chi connectivity index (χ4v) is 3.65. The first-order valence-electron chi connectivity index (χ1n) is 4.84. The van der Waals surface area contributed by atoms with Crippen LogP contribution in [0, 0.1) is 0 Å². The Labute approximate surface area is 103 Å². The monoisotopic (exact) mass is 280 g/mol. The minimum absolute atomic E-state index is 0.0511. The summed E-state index contributed by atoms with van der Waals surface area (Å²) in [4.78, 5) is -0.0614. The molecule has 1 aromatic heterocycles. The first-order chi connectivity index (χ1) is 7.72. The summed E-state index contributed by atoms with van der Waals surface area (Å²) in [7, 11) is -3.19. The Hall–Kier alpha value is -0.930. The van der Waals surface area contributed by atoms with Gasteiger partial charge >= 0.3 is 0 Å². The number of hydrogen-bond acceptors (Lipinski definition) is 5. The number of nitrogen functional groups attached to an aromatic ring is 1. The third-order valence-corrected chi connectivity index (χ3v) is 4.53. The molecule has 17 heavy (non-hydrogen) atoms. The quantitative estimate of drug-likeness (QED) is 0.723. The van der Waals surface area contributed by atoms with Crippen molar-refractivity contribution >= 4 is 26.6 Å². The second-order valence-corrected chi connectivity index (χ2v) is 6.98. The number of rotatable bonds is 5. The number of aryl methyl sites for hydroxylation is 1. The molecule has 2 unspecified atom stereocenters. The topological polar surface area (TPSA) is 107 Å². The maximum absolute atomic E-state index is 11.9. The van der Waals surface area contributed by atoms with Gasteiger partial charge in [-0.15, -0.1) is 0 Å². The predicted molar refractivity (Wildman–Crippen MR) is 66.3 cm³/mol. The highest BCUT2D eigenvalue weighted by Crippen LogP contribution is 2.15. The molecule has 1 aromatic rings. The first kappa shape index (κ1) is 14.1. The molecule has 98 valence electrons. The van der Waals surface area contributed by atoms with Crippen molar-refractivity contribution in [3.63, 3.8) is 0 Å². The van der Waals surface area contributed by atoms with Gasteiger partial charge in [-0.05, 0) is 6.92 Å². The van der Waals surface area contributed by atoms with Crippen LogP contribution in [0.1, 0.15) is 6.92 Å². The lowest BCUT2D eigenvalue weighted by atomic mass is 10.4. The molecule has 0 radical (unpaired) electrons. The van der Waals surface area contributed by atoms with Crippen molar-refractivity contribution in [2.45, 2.75) is 17.9 Å². The Morgan fingerprint density at radius 2 is 2.24 bits per heavy atom. The van der Waals surface area contributed by atoms with Crippen molar-refractivity contribution in [3.8, 4) is 0 Å². The van der Waals surface area contributed by atoms with Crippen LogP contribution in [0.3, 0.4) is 0 Å². The molecule has 0 aliphatic heterocycles. The van der Waals surface area contributed by atoms with Crippen LogP contribution in [0.25, 0.3) is 0 Å². The zero-order chi connectivity index (χ0) is 13.2. The van der Waals surface area contributed by atoms with E-state index in [4.69, 9.17) is 5.73 Å². The number of sulfonamides is 1. The SMILES string of the molecule is CC(CS(C)=O)NS(=O)(=O)c1cn(C)nc1N. The number of hydrogen-bond donors (Lipinski definition) is 2. The zero-order valence-electron chi connectivity index (χ0n) is 9.87. The van der Waals surface area contributed by atoms with Crippen LogP contribution in [-0.2, 0) is 27.9 Å². The fraction of sp³-hybridized carbons (Fsp3) is 0.625. The van der Waals surface area contributed by atoms with Gasteiger partial charge in [0.25, 0.3) is 0 Å². The fourth-order valence-electron chi connectivity index (χ4n) is 1.41. The van der Waals surface area contributed by atoms with E-state index in [1.165, 1.54) is 17.1 Å². The van der Waals surface area contributed by atoms with Gasteiger partial charge in [0.15, 0.2) is 5.82 Å². The van der Waals surface area contributed by atoms with Gasteiger partial charge in [0.1, 0.15) is 4.90 Å². The largest absolute Gasteiger partial charge is 0.381 e. The molecular weight excluding hydrogens is 264 g/mol. The van der Waals surface area contributed by atoms with Crippen molar-refractivity contribution in [2.75, 3.05) is 17.7 Å². The van der Waals surface area contributed by atoms with Crippen LogP contribution in [-0.4, -0.2) is 40.5 Å². The molecule has 1 rings (SSSR count). The Morgan fingerprint density at radius 3 is 2.65 bits per heavy atom. The Balaban J connectivity index is 2.89. The molecule has 0 saturated heterocycles. The van der Waals surface area contributed by atoms with E-state index >= 15 is 0 Å². The Kier molecular flexibility index (Phi) is 4.28. The lowest BCUT2D eigenvalue weighted by Crippen LogP contribution is -2.36. The molecule has 0 fully saturated rings. The molecule has 7 nitrogen and oxygen atoms in total. The molecule has 0 bridgehead atoms. The summed E-state index contributed by atoms with van der Waals surface area (Å²) in [6.07, 6.45) is 2.84. The molecular formula is C8H16N4O3S2. The van der Waals surface area contributed by atoms with Crippen LogP contribution in [0.4, 0.5) is 5.82 Å². The van der Waals surface area contributed by atoms with Crippen LogP contribution >= 0.6 is 0 Å². The smallest absolute Gasteiger partial charge is 0.246 e. The minimum atomic E-state index is -3.71. The van der Waals surface area contributed by atoms with E-state index in [0.717, 1.165) is 0 Å². The van der Waals surface area contributed by atoms with Crippen molar-refractivity contribution in [1.29, 1.82) is 0 Å². The molecule has 9 heteroatoms. The zero-order valence-corrected chi connectivity index (χ0v) is 11.5. The standard InChI is InChI=1S/C8H16N4O3S2/c1-6(5-16(3)13)11-17(14,15)7-4-12(2)10-8(7)9/h4,6,11H,5H2,1-3H3,(H2,9,10). The van der Waals surface area contributed by atoms with Crippen LogP contribution in [0.2, 0.25) is 0 Å². The predicted octanol–water partition coefficient (Wildman–Crippen LogP) is -0.952. The summed E-state index contributed by atoms with van der Waals surface area (Å²) in [5.74, 6) is 0.198. The first-order valence-corrected chi connectivity index (χ1v) is 8.05. The average Bonchev–Trinajstić information content (AvgIpc) is 2.42.